The lowest BCUT2D eigenvalue weighted by molar-refractivity contribution is -0.131. The van der Waals surface area contributed by atoms with Gasteiger partial charge in [-0.15, -0.1) is 0 Å². The number of benzene rings is 1. The van der Waals surface area contributed by atoms with Crippen LogP contribution in [-0.4, -0.2) is 30.9 Å². The average Bonchev–Trinajstić information content (AvgIpc) is 2.51. The molecule has 1 amide bonds. The highest BCUT2D eigenvalue weighted by molar-refractivity contribution is 9.10. The van der Waals surface area contributed by atoms with E-state index >= 15 is 0 Å². The Hall–Kier alpha value is -0.940. The van der Waals surface area contributed by atoms with Crippen molar-refractivity contribution in [3.63, 3.8) is 0 Å². The van der Waals surface area contributed by atoms with Crippen LogP contribution in [-0.2, 0) is 11.3 Å². The molecule has 2 unspecified atom stereocenters. The van der Waals surface area contributed by atoms with Gasteiger partial charge >= 0.3 is 0 Å². The van der Waals surface area contributed by atoms with Crippen LogP contribution in [0.4, 0.5) is 4.39 Å². The van der Waals surface area contributed by atoms with Crippen LogP contribution in [0.2, 0.25) is 0 Å². The molecule has 2 atom stereocenters. The molecule has 0 aliphatic carbocycles. The molecule has 3 nitrogen and oxygen atoms in total. The molecule has 0 spiro atoms. The zero-order valence-electron chi connectivity index (χ0n) is 13.2. The topological polar surface area (TPSA) is 32.3 Å². The monoisotopic (exact) mass is 370 g/mol. The van der Waals surface area contributed by atoms with Gasteiger partial charge in [0.25, 0.3) is 0 Å². The highest BCUT2D eigenvalue weighted by Gasteiger charge is 2.23. The molecule has 0 aromatic heterocycles. The third-order valence-electron chi connectivity index (χ3n) is 4.48. The van der Waals surface area contributed by atoms with Gasteiger partial charge in [0.1, 0.15) is 5.82 Å². The zero-order chi connectivity index (χ0) is 16.1. The van der Waals surface area contributed by atoms with Gasteiger partial charge in [-0.2, -0.15) is 0 Å². The Balaban J connectivity index is 1.89. The molecule has 1 aromatic carbocycles. The molecule has 1 aliphatic heterocycles. The smallest absolute Gasteiger partial charge is 0.222 e. The van der Waals surface area contributed by atoms with Gasteiger partial charge in [-0.05, 0) is 56.0 Å². The van der Waals surface area contributed by atoms with Crippen LogP contribution in [0.15, 0.2) is 22.7 Å². The average molecular weight is 371 g/mol. The SMILES string of the molecule is CC(CC(=O)N(C)Cc1cc(Br)ccc1F)C1CCCNC1. The fourth-order valence-corrected chi connectivity index (χ4v) is 3.38. The molecule has 1 saturated heterocycles. The number of nitrogens with zero attached hydrogens (tertiary/aromatic N) is 1. The van der Waals surface area contributed by atoms with Crippen LogP contribution in [0.1, 0.15) is 31.7 Å². The van der Waals surface area contributed by atoms with Crippen molar-refractivity contribution in [3.8, 4) is 0 Å². The Morgan fingerprint density at radius 3 is 3.00 bits per heavy atom. The predicted molar refractivity (Wildman–Crippen MR) is 89.9 cm³/mol. The minimum atomic E-state index is -0.271. The van der Waals surface area contributed by atoms with Gasteiger partial charge < -0.3 is 10.2 Å². The number of rotatable bonds is 5. The van der Waals surface area contributed by atoms with Gasteiger partial charge in [-0.1, -0.05) is 22.9 Å². The summed E-state index contributed by atoms with van der Waals surface area (Å²) in [6.07, 6.45) is 2.90. The highest BCUT2D eigenvalue weighted by atomic mass is 79.9. The maximum absolute atomic E-state index is 13.8. The molecule has 1 aliphatic rings. The van der Waals surface area contributed by atoms with E-state index in [0.29, 0.717) is 30.4 Å². The summed E-state index contributed by atoms with van der Waals surface area (Å²) in [5, 5.41) is 3.39. The zero-order valence-corrected chi connectivity index (χ0v) is 14.8. The molecule has 0 saturated carbocycles. The standard InChI is InChI=1S/C17H24BrFN2O/c1-12(13-4-3-7-20-10-13)8-17(22)21(2)11-14-9-15(18)5-6-16(14)19/h5-6,9,12-13,20H,3-4,7-8,10-11H2,1-2H3. The Bertz CT molecular complexity index is 517. The van der Waals surface area contributed by atoms with Crippen molar-refractivity contribution in [1.82, 2.24) is 10.2 Å². The van der Waals surface area contributed by atoms with Crippen LogP contribution in [0, 0.1) is 17.7 Å². The maximum Gasteiger partial charge on any atom is 0.222 e. The molecule has 1 N–H and O–H groups in total. The number of amides is 1. The minimum Gasteiger partial charge on any atom is -0.341 e. The van der Waals surface area contributed by atoms with Crippen molar-refractivity contribution in [2.75, 3.05) is 20.1 Å². The van der Waals surface area contributed by atoms with Crippen molar-refractivity contribution >= 4 is 21.8 Å². The van der Waals surface area contributed by atoms with Crippen LogP contribution >= 0.6 is 15.9 Å². The number of nitrogens with one attached hydrogen (secondary N) is 1. The van der Waals surface area contributed by atoms with Crippen molar-refractivity contribution < 1.29 is 9.18 Å². The van der Waals surface area contributed by atoms with E-state index < -0.39 is 0 Å². The van der Waals surface area contributed by atoms with E-state index in [4.69, 9.17) is 0 Å². The number of halogens is 2. The summed E-state index contributed by atoms with van der Waals surface area (Å²) in [7, 11) is 1.74. The first-order chi connectivity index (χ1) is 10.5. The Morgan fingerprint density at radius 2 is 2.32 bits per heavy atom. The number of carbonyl (C=O) groups excluding carboxylic acids is 1. The van der Waals surface area contributed by atoms with Crippen molar-refractivity contribution in [2.45, 2.75) is 32.7 Å². The van der Waals surface area contributed by atoms with E-state index in [-0.39, 0.29) is 11.7 Å². The fourth-order valence-electron chi connectivity index (χ4n) is 2.97. The van der Waals surface area contributed by atoms with Gasteiger partial charge in [-0.3, -0.25) is 4.79 Å². The van der Waals surface area contributed by atoms with Crippen LogP contribution in [0.3, 0.4) is 0 Å². The van der Waals surface area contributed by atoms with Crippen molar-refractivity contribution in [2.24, 2.45) is 11.8 Å². The lowest BCUT2D eigenvalue weighted by atomic mass is 9.85. The van der Waals surface area contributed by atoms with Gasteiger partial charge in [0.15, 0.2) is 0 Å². The second-order valence-corrected chi connectivity index (χ2v) is 7.19. The first kappa shape index (κ1) is 17.4. The molecule has 0 bridgehead atoms. The summed E-state index contributed by atoms with van der Waals surface area (Å²) in [4.78, 5) is 14.0. The summed E-state index contributed by atoms with van der Waals surface area (Å²) in [5.41, 5.74) is 0.539. The predicted octanol–water partition coefficient (Wildman–Crippen LogP) is 3.57. The minimum absolute atomic E-state index is 0.0810. The molecule has 1 heterocycles. The summed E-state index contributed by atoms with van der Waals surface area (Å²) in [5.74, 6) is 0.730. The first-order valence-electron chi connectivity index (χ1n) is 7.86. The number of hydrogen-bond donors (Lipinski definition) is 1. The molecule has 122 valence electrons. The summed E-state index contributed by atoms with van der Waals surface area (Å²) in [6, 6.07) is 4.82. The van der Waals surface area contributed by atoms with E-state index in [9.17, 15) is 9.18 Å². The quantitative estimate of drug-likeness (QED) is 0.858. The molecule has 1 fully saturated rings. The molecule has 2 rings (SSSR count). The fraction of sp³-hybridized carbons (Fsp3) is 0.588. The molecule has 5 heteroatoms. The molecule has 22 heavy (non-hydrogen) atoms. The highest BCUT2D eigenvalue weighted by Crippen LogP contribution is 2.24. The first-order valence-corrected chi connectivity index (χ1v) is 8.65. The Morgan fingerprint density at radius 1 is 1.55 bits per heavy atom. The number of carbonyl (C=O) groups is 1. The largest absolute Gasteiger partial charge is 0.341 e. The van der Waals surface area contributed by atoms with Gasteiger partial charge in [0, 0.05) is 30.0 Å². The maximum atomic E-state index is 13.8. The molecule has 0 radical (unpaired) electrons. The van der Waals surface area contributed by atoms with E-state index in [1.54, 1.807) is 24.1 Å². The second-order valence-electron chi connectivity index (χ2n) is 6.27. The summed E-state index contributed by atoms with van der Waals surface area (Å²) in [6.45, 7) is 4.53. The summed E-state index contributed by atoms with van der Waals surface area (Å²) >= 11 is 3.34. The second kappa shape index (κ2) is 8.06. The van der Waals surface area contributed by atoms with Crippen LogP contribution in [0.5, 0.6) is 0 Å². The van der Waals surface area contributed by atoms with E-state index in [2.05, 4.69) is 28.2 Å². The van der Waals surface area contributed by atoms with Gasteiger partial charge in [-0.25, -0.2) is 4.39 Å². The van der Waals surface area contributed by atoms with Crippen molar-refractivity contribution in [1.29, 1.82) is 0 Å². The van der Waals surface area contributed by atoms with Gasteiger partial charge in [0.05, 0.1) is 0 Å². The molecule has 1 aromatic rings. The molecular weight excluding hydrogens is 347 g/mol. The lowest BCUT2D eigenvalue weighted by Crippen LogP contribution is -2.36. The van der Waals surface area contributed by atoms with Gasteiger partial charge in [0.2, 0.25) is 5.91 Å². The third-order valence-corrected chi connectivity index (χ3v) is 4.97. The van der Waals surface area contributed by atoms with E-state index in [0.717, 1.165) is 17.6 Å². The van der Waals surface area contributed by atoms with Crippen molar-refractivity contribution in [3.05, 3.63) is 34.1 Å². The van der Waals surface area contributed by atoms with E-state index in [1.165, 1.54) is 18.9 Å². The Kier molecular flexibility index (Phi) is 6.38. The normalized spacial score (nSPS) is 19.7. The Labute approximate surface area is 140 Å². The summed E-state index contributed by atoms with van der Waals surface area (Å²) < 4.78 is 14.6. The number of hydrogen-bond acceptors (Lipinski definition) is 2. The van der Waals surface area contributed by atoms with Crippen LogP contribution in [0.25, 0.3) is 0 Å². The third kappa shape index (κ3) is 4.78. The van der Waals surface area contributed by atoms with Crippen LogP contribution < -0.4 is 5.32 Å². The molecular formula is C17H24BrFN2O. The number of piperidine rings is 1. The lowest BCUT2D eigenvalue weighted by Gasteiger charge is -2.29. The van der Waals surface area contributed by atoms with E-state index in [1.807, 2.05) is 0 Å².